The zero-order chi connectivity index (χ0) is 17.6. The molecule has 2 aromatic heterocycles. The van der Waals surface area contributed by atoms with Gasteiger partial charge in [0, 0.05) is 23.9 Å². The van der Waals surface area contributed by atoms with Crippen LogP contribution in [-0.4, -0.2) is 24.2 Å². The second-order valence-corrected chi connectivity index (χ2v) is 7.17. The van der Waals surface area contributed by atoms with Crippen molar-refractivity contribution in [3.8, 4) is 0 Å². The van der Waals surface area contributed by atoms with Gasteiger partial charge in [-0.3, -0.25) is 9.69 Å². The predicted octanol–water partition coefficient (Wildman–Crippen LogP) is 4.17. The van der Waals surface area contributed by atoms with Gasteiger partial charge in [0.05, 0.1) is 12.3 Å². The van der Waals surface area contributed by atoms with Crippen LogP contribution in [0.25, 0.3) is 10.2 Å². The Labute approximate surface area is 150 Å². The summed E-state index contributed by atoms with van der Waals surface area (Å²) in [6.45, 7) is 4.45. The number of aryl methyl sites for hydroxylation is 1. The van der Waals surface area contributed by atoms with E-state index in [1.54, 1.807) is 12.0 Å². The zero-order valence-corrected chi connectivity index (χ0v) is 15.2. The lowest BCUT2D eigenvalue weighted by Crippen LogP contribution is -2.46. The molecular weight excluding hydrogens is 334 g/mol. The minimum Gasteiger partial charge on any atom is -0.380 e. The maximum absolute atomic E-state index is 13.2. The van der Waals surface area contributed by atoms with Crippen LogP contribution in [0.15, 0.2) is 36.4 Å². The van der Waals surface area contributed by atoms with Crippen molar-refractivity contribution in [2.75, 3.05) is 17.3 Å². The second-order valence-electron chi connectivity index (χ2n) is 6.17. The molecule has 0 saturated heterocycles. The highest BCUT2D eigenvalue weighted by Crippen LogP contribution is 2.42. The average molecular weight is 353 g/mol. The number of thiophene rings is 1. The summed E-state index contributed by atoms with van der Waals surface area (Å²) in [5, 5.41) is 4.50. The number of carbonyl (C=O) groups is 1. The number of carbonyl (C=O) groups excluding carboxylic acids is 1. The number of methoxy groups -OCH3 is 1. The third kappa shape index (κ3) is 2.58. The number of aromatic nitrogens is 1. The van der Waals surface area contributed by atoms with Crippen LogP contribution in [0.5, 0.6) is 0 Å². The van der Waals surface area contributed by atoms with Crippen LogP contribution in [0.3, 0.4) is 0 Å². The quantitative estimate of drug-likeness (QED) is 0.768. The number of hydrogen-bond acceptors (Lipinski definition) is 5. The molecule has 0 radical (unpaired) electrons. The number of nitrogens with one attached hydrogen (secondary N) is 1. The number of pyridine rings is 1. The number of nitrogens with zero attached hydrogens (tertiary/aromatic N) is 2. The zero-order valence-electron chi connectivity index (χ0n) is 14.4. The fourth-order valence-electron chi connectivity index (χ4n) is 3.36. The maximum Gasteiger partial charge on any atom is 0.272 e. The highest BCUT2D eigenvalue weighted by molar-refractivity contribution is 7.21. The summed E-state index contributed by atoms with van der Waals surface area (Å²) < 4.78 is 5.35. The van der Waals surface area contributed by atoms with Crippen molar-refractivity contribution in [1.82, 2.24) is 4.98 Å². The van der Waals surface area contributed by atoms with Gasteiger partial charge in [-0.2, -0.15) is 0 Å². The Bertz CT molecular complexity index is 952. The number of fused-ring (bicyclic) bond motifs is 3. The summed E-state index contributed by atoms with van der Waals surface area (Å²) in [7, 11) is 1.68. The lowest BCUT2D eigenvalue weighted by Gasteiger charge is -2.34. The Morgan fingerprint density at radius 1 is 1.32 bits per heavy atom. The molecular formula is C19H19N3O2S. The number of amides is 1. The Morgan fingerprint density at radius 2 is 2.08 bits per heavy atom. The predicted molar refractivity (Wildman–Crippen MR) is 101 cm³/mol. The Morgan fingerprint density at radius 3 is 2.80 bits per heavy atom. The molecule has 5 nitrogen and oxygen atoms in total. The molecule has 4 rings (SSSR count). The monoisotopic (exact) mass is 353 g/mol. The van der Waals surface area contributed by atoms with E-state index in [1.165, 1.54) is 11.3 Å². The van der Waals surface area contributed by atoms with E-state index in [0.717, 1.165) is 32.8 Å². The van der Waals surface area contributed by atoms with Gasteiger partial charge in [-0.1, -0.05) is 18.2 Å². The van der Waals surface area contributed by atoms with Crippen LogP contribution in [0.4, 0.5) is 11.4 Å². The van der Waals surface area contributed by atoms with Crippen molar-refractivity contribution in [3.05, 3.63) is 52.5 Å². The Balaban J connectivity index is 1.89. The Kier molecular flexibility index (Phi) is 3.94. The third-order valence-electron chi connectivity index (χ3n) is 4.36. The van der Waals surface area contributed by atoms with Crippen molar-refractivity contribution in [3.63, 3.8) is 0 Å². The van der Waals surface area contributed by atoms with Crippen LogP contribution in [0.2, 0.25) is 0 Å². The smallest absolute Gasteiger partial charge is 0.272 e. The molecule has 3 aromatic rings. The third-order valence-corrected chi connectivity index (χ3v) is 5.43. The number of anilines is 2. The second kappa shape index (κ2) is 6.13. The largest absolute Gasteiger partial charge is 0.380 e. The summed E-state index contributed by atoms with van der Waals surface area (Å²) >= 11 is 1.44. The van der Waals surface area contributed by atoms with Gasteiger partial charge in [0.25, 0.3) is 5.91 Å². The molecule has 6 heteroatoms. The van der Waals surface area contributed by atoms with Crippen molar-refractivity contribution < 1.29 is 9.53 Å². The Hall–Kier alpha value is -2.44. The van der Waals surface area contributed by atoms with Gasteiger partial charge in [-0.05, 0) is 37.6 Å². The van der Waals surface area contributed by atoms with Crippen molar-refractivity contribution in [2.45, 2.75) is 26.6 Å². The van der Waals surface area contributed by atoms with Gasteiger partial charge < -0.3 is 10.1 Å². The minimum atomic E-state index is -0.142. The lowest BCUT2D eigenvalue weighted by atomic mass is 10.1. The van der Waals surface area contributed by atoms with Gasteiger partial charge in [0.1, 0.15) is 15.9 Å². The van der Waals surface area contributed by atoms with Crippen LogP contribution in [0.1, 0.15) is 27.9 Å². The number of ether oxygens (including phenoxy) is 1. The van der Waals surface area contributed by atoms with E-state index >= 15 is 0 Å². The fourth-order valence-corrected chi connectivity index (χ4v) is 4.53. The van der Waals surface area contributed by atoms with Gasteiger partial charge in [0.2, 0.25) is 0 Å². The number of rotatable bonds is 3. The van der Waals surface area contributed by atoms with E-state index in [-0.39, 0.29) is 12.1 Å². The van der Waals surface area contributed by atoms with E-state index < -0.39 is 0 Å². The number of para-hydroxylation sites is 1. The number of hydrogen-bond donors (Lipinski definition) is 1. The molecule has 0 fully saturated rings. The molecule has 0 saturated carbocycles. The van der Waals surface area contributed by atoms with Gasteiger partial charge in [0.15, 0.2) is 0 Å². The topological polar surface area (TPSA) is 54.5 Å². The van der Waals surface area contributed by atoms with Crippen molar-refractivity contribution >= 4 is 38.8 Å². The first-order chi connectivity index (χ1) is 12.1. The van der Waals surface area contributed by atoms with E-state index in [1.807, 2.05) is 50.2 Å². The average Bonchev–Trinajstić information content (AvgIpc) is 2.94. The molecule has 1 N–H and O–H groups in total. The summed E-state index contributed by atoms with van der Waals surface area (Å²) in [5.74, 6) is 0.0106. The maximum atomic E-state index is 13.2. The van der Waals surface area contributed by atoms with Gasteiger partial charge in [-0.25, -0.2) is 4.98 Å². The lowest BCUT2D eigenvalue weighted by molar-refractivity contribution is 0.0981. The van der Waals surface area contributed by atoms with Gasteiger partial charge >= 0.3 is 0 Å². The SMILES string of the molecule is COCc1cc(C)nc2sc3c(c12)NC(C)N(c1ccccc1)C3=O. The summed E-state index contributed by atoms with van der Waals surface area (Å²) in [6.07, 6.45) is -0.142. The normalized spacial score (nSPS) is 16.8. The summed E-state index contributed by atoms with van der Waals surface area (Å²) in [4.78, 5) is 21.2. The van der Waals surface area contributed by atoms with E-state index in [4.69, 9.17) is 4.74 Å². The molecule has 1 atom stereocenters. The first-order valence-electron chi connectivity index (χ1n) is 8.17. The number of benzene rings is 1. The molecule has 1 aliphatic heterocycles. The van der Waals surface area contributed by atoms with Gasteiger partial charge in [-0.15, -0.1) is 11.3 Å². The van der Waals surface area contributed by atoms with Crippen LogP contribution >= 0.6 is 11.3 Å². The van der Waals surface area contributed by atoms with E-state index in [9.17, 15) is 4.79 Å². The summed E-state index contributed by atoms with van der Waals surface area (Å²) in [5.41, 5.74) is 3.75. The molecule has 1 amide bonds. The van der Waals surface area contributed by atoms with Crippen LogP contribution < -0.4 is 10.2 Å². The minimum absolute atomic E-state index is 0.0106. The molecule has 1 unspecified atom stereocenters. The highest BCUT2D eigenvalue weighted by atomic mass is 32.1. The molecule has 0 aliphatic carbocycles. The molecule has 1 aliphatic rings. The molecule has 0 spiro atoms. The van der Waals surface area contributed by atoms with E-state index in [2.05, 4.69) is 10.3 Å². The van der Waals surface area contributed by atoms with E-state index in [0.29, 0.717) is 11.5 Å². The molecule has 25 heavy (non-hydrogen) atoms. The van der Waals surface area contributed by atoms with Crippen LogP contribution in [-0.2, 0) is 11.3 Å². The van der Waals surface area contributed by atoms with Crippen molar-refractivity contribution in [1.29, 1.82) is 0 Å². The molecule has 3 heterocycles. The van der Waals surface area contributed by atoms with Crippen molar-refractivity contribution in [2.24, 2.45) is 0 Å². The standard InChI is InChI=1S/C19H19N3O2S/c1-11-9-13(10-24-3)15-16-17(25-18(15)20-11)19(23)22(12(2)21-16)14-7-5-4-6-8-14/h4-9,12,21H,10H2,1-3H3. The fraction of sp³-hybridized carbons (Fsp3) is 0.263. The molecule has 0 bridgehead atoms. The highest BCUT2D eigenvalue weighted by Gasteiger charge is 2.34. The first kappa shape index (κ1) is 16.1. The summed E-state index contributed by atoms with van der Waals surface area (Å²) in [6, 6.07) is 11.8. The molecule has 128 valence electrons. The first-order valence-corrected chi connectivity index (χ1v) is 8.99. The molecule has 1 aromatic carbocycles. The van der Waals surface area contributed by atoms with Crippen LogP contribution in [0, 0.1) is 6.92 Å².